The highest BCUT2D eigenvalue weighted by Crippen LogP contribution is 2.20. The van der Waals surface area contributed by atoms with Crippen LogP contribution in [0.15, 0.2) is 59.4 Å². The zero-order valence-corrected chi connectivity index (χ0v) is 16.1. The Morgan fingerprint density at radius 2 is 1.87 bits per heavy atom. The molecule has 1 aromatic heterocycles. The topological polar surface area (TPSA) is 84.7 Å². The lowest BCUT2D eigenvalue weighted by Crippen LogP contribution is -2.32. The Morgan fingerprint density at radius 3 is 2.53 bits per heavy atom. The fraction of sp³-hybridized carbons (Fsp3) is 0.190. The molecule has 2 aromatic carbocycles. The quantitative estimate of drug-likeness (QED) is 0.640. The van der Waals surface area contributed by atoms with Gasteiger partial charge in [0.2, 0.25) is 0 Å². The van der Waals surface area contributed by atoms with E-state index in [4.69, 9.17) is 4.74 Å². The van der Waals surface area contributed by atoms with Gasteiger partial charge in [-0.1, -0.05) is 12.1 Å². The van der Waals surface area contributed by atoms with E-state index < -0.39 is 23.3 Å². The Hall–Kier alpha value is -3.59. The van der Waals surface area contributed by atoms with Crippen LogP contribution in [0.1, 0.15) is 5.56 Å². The number of rotatable bonds is 7. The van der Waals surface area contributed by atoms with Gasteiger partial charge in [0, 0.05) is 30.5 Å². The fourth-order valence-corrected chi connectivity index (χ4v) is 2.93. The fourth-order valence-electron chi connectivity index (χ4n) is 2.93. The molecule has 0 unspecified atom stereocenters. The van der Waals surface area contributed by atoms with Crippen LogP contribution in [-0.2, 0) is 11.3 Å². The second-order valence-electron chi connectivity index (χ2n) is 6.47. The lowest BCUT2D eigenvalue weighted by molar-refractivity contribution is 0.186. The lowest BCUT2D eigenvalue weighted by Gasteiger charge is -2.19. The molecule has 1 N–H and O–H groups in total. The minimum absolute atomic E-state index is 0.0516. The summed E-state index contributed by atoms with van der Waals surface area (Å²) < 4.78 is 33.1. The molecule has 0 atom stereocenters. The van der Waals surface area contributed by atoms with Crippen LogP contribution in [0, 0.1) is 11.6 Å². The van der Waals surface area contributed by atoms with Crippen LogP contribution in [-0.4, -0.2) is 41.2 Å². The van der Waals surface area contributed by atoms with Crippen molar-refractivity contribution in [3.05, 3.63) is 82.1 Å². The highest BCUT2D eigenvalue weighted by Gasteiger charge is 2.15. The summed E-state index contributed by atoms with van der Waals surface area (Å²) in [4.78, 5) is 24.9. The second kappa shape index (κ2) is 9.27. The molecule has 1 heterocycles. The maximum atomic E-state index is 13.5. The molecule has 0 spiro atoms. The van der Waals surface area contributed by atoms with Crippen molar-refractivity contribution in [1.82, 2.24) is 9.78 Å². The highest BCUT2D eigenvalue weighted by molar-refractivity contribution is 5.86. The molecule has 0 fully saturated rings. The molecule has 0 aliphatic rings. The summed E-state index contributed by atoms with van der Waals surface area (Å²) >= 11 is 0. The number of amides is 1. The third kappa shape index (κ3) is 5.06. The number of carboxylic acid groups (broad SMARTS) is 1. The predicted molar refractivity (Wildman–Crippen MR) is 107 cm³/mol. The molecule has 156 valence electrons. The lowest BCUT2D eigenvalue weighted by atomic mass is 10.1. The van der Waals surface area contributed by atoms with Gasteiger partial charge in [-0.2, -0.15) is 5.10 Å². The number of ether oxygens (including phenoxy) is 1. The van der Waals surface area contributed by atoms with Crippen LogP contribution >= 0.6 is 0 Å². The maximum absolute atomic E-state index is 13.5. The summed E-state index contributed by atoms with van der Waals surface area (Å²) in [5, 5.41) is 13.6. The van der Waals surface area contributed by atoms with E-state index >= 15 is 0 Å². The molecular weight excluding hydrogens is 396 g/mol. The van der Waals surface area contributed by atoms with Gasteiger partial charge in [0.05, 0.1) is 25.4 Å². The van der Waals surface area contributed by atoms with Crippen molar-refractivity contribution in [1.29, 1.82) is 0 Å². The summed E-state index contributed by atoms with van der Waals surface area (Å²) in [6, 6.07) is 12.3. The van der Waals surface area contributed by atoms with Gasteiger partial charge in [0.1, 0.15) is 11.6 Å². The first kappa shape index (κ1) is 21.1. The van der Waals surface area contributed by atoms with Crippen LogP contribution in [0.3, 0.4) is 0 Å². The first-order valence-electron chi connectivity index (χ1n) is 9.00. The normalized spacial score (nSPS) is 10.8. The van der Waals surface area contributed by atoms with Crippen LogP contribution in [0.2, 0.25) is 0 Å². The summed E-state index contributed by atoms with van der Waals surface area (Å²) in [6.45, 7) is 0.425. The molecule has 0 saturated heterocycles. The van der Waals surface area contributed by atoms with Gasteiger partial charge >= 0.3 is 6.09 Å². The SMILES string of the molecule is COCCN(C(=O)O)c1cccc(Cn2nc(-c3cc(F)cc(F)c3)ccc2=O)c1. The molecular formula is C21H19F2N3O4. The zero-order valence-electron chi connectivity index (χ0n) is 16.1. The van der Waals surface area contributed by atoms with Gasteiger partial charge < -0.3 is 9.84 Å². The van der Waals surface area contributed by atoms with Crippen molar-refractivity contribution in [2.24, 2.45) is 0 Å². The number of anilines is 1. The third-order valence-corrected chi connectivity index (χ3v) is 4.33. The number of carbonyl (C=O) groups is 1. The molecule has 0 bridgehead atoms. The monoisotopic (exact) mass is 415 g/mol. The number of benzene rings is 2. The molecule has 0 saturated carbocycles. The molecule has 0 radical (unpaired) electrons. The van der Waals surface area contributed by atoms with E-state index in [-0.39, 0.29) is 31.0 Å². The Bertz CT molecular complexity index is 1100. The number of aromatic nitrogens is 2. The molecule has 0 aliphatic carbocycles. The number of hydrogen-bond acceptors (Lipinski definition) is 4. The largest absolute Gasteiger partial charge is 0.465 e. The average molecular weight is 415 g/mol. The molecule has 30 heavy (non-hydrogen) atoms. The van der Waals surface area contributed by atoms with Crippen LogP contribution < -0.4 is 10.5 Å². The van der Waals surface area contributed by atoms with E-state index in [9.17, 15) is 23.5 Å². The van der Waals surface area contributed by atoms with E-state index in [2.05, 4.69) is 5.10 Å². The number of halogens is 2. The Kier molecular flexibility index (Phi) is 6.53. The first-order chi connectivity index (χ1) is 14.4. The van der Waals surface area contributed by atoms with Crippen molar-refractivity contribution in [3.63, 3.8) is 0 Å². The van der Waals surface area contributed by atoms with Crippen LogP contribution in [0.5, 0.6) is 0 Å². The zero-order chi connectivity index (χ0) is 21.7. The van der Waals surface area contributed by atoms with Crippen molar-refractivity contribution < 1.29 is 23.4 Å². The van der Waals surface area contributed by atoms with Gasteiger partial charge in [-0.3, -0.25) is 9.69 Å². The van der Waals surface area contributed by atoms with Gasteiger partial charge in [0.25, 0.3) is 5.56 Å². The van der Waals surface area contributed by atoms with Crippen molar-refractivity contribution >= 4 is 11.8 Å². The number of methoxy groups -OCH3 is 1. The molecule has 3 aromatic rings. The highest BCUT2D eigenvalue weighted by atomic mass is 19.1. The van der Waals surface area contributed by atoms with Gasteiger partial charge in [-0.25, -0.2) is 18.3 Å². The summed E-state index contributed by atoms with van der Waals surface area (Å²) in [5.74, 6) is -1.50. The molecule has 7 nitrogen and oxygen atoms in total. The maximum Gasteiger partial charge on any atom is 0.411 e. The van der Waals surface area contributed by atoms with E-state index in [1.54, 1.807) is 24.3 Å². The van der Waals surface area contributed by atoms with Crippen molar-refractivity contribution in [2.75, 3.05) is 25.2 Å². The molecule has 3 rings (SSSR count). The summed E-state index contributed by atoms with van der Waals surface area (Å²) in [5.41, 5.74) is 1.08. The predicted octanol–water partition coefficient (Wildman–Crippen LogP) is 3.37. The van der Waals surface area contributed by atoms with Crippen molar-refractivity contribution in [2.45, 2.75) is 6.54 Å². The Labute approximate surface area is 170 Å². The second-order valence-corrected chi connectivity index (χ2v) is 6.47. The minimum Gasteiger partial charge on any atom is -0.465 e. The Morgan fingerprint density at radius 1 is 1.13 bits per heavy atom. The van der Waals surface area contributed by atoms with Crippen LogP contribution in [0.4, 0.5) is 19.3 Å². The van der Waals surface area contributed by atoms with E-state index in [1.807, 2.05) is 0 Å². The van der Waals surface area contributed by atoms with Crippen molar-refractivity contribution in [3.8, 4) is 11.3 Å². The van der Waals surface area contributed by atoms with Crippen LogP contribution in [0.25, 0.3) is 11.3 Å². The van der Waals surface area contributed by atoms with Gasteiger partial charge in [0.15, 0.2) is 0 Å². The van der Waals surface area contributed by atoms with E-state index in [0.29, 0.717) is 11.3 Å². The summed E-state index contributed by atoms with van der Waals surface area (Å²) in [6.07, 6.45) is -1.13. The Balaban J connectivity index is 1.91. The number of hydrogen-bond donors (Lipinski definition) is 1. The average Bonchev–Trinajstić information content (AvgIpc) is 2.69. The molecule has 1 amide bonds. The van der Waals surface area contributed by atoms with E-state index in [0.717, 1.165) is 27.8 Å². The van der Waals surface area contributed by atoms with E-state index in [1.165, 1.54) is 19.2 Å². The van der Waals surface area contributed by atoms with Gasteiger partial charge in [-0.15, -0.1) is 0 Å². The summed E-state index contributed by atoms with van der Waals surface area (Å²) in [7, 11) is 1.48. The minimum atomic E-state index is -1.13. The molecule has 9 heteroatoms. The van der Waals surface area contributed by atoms with Gasteiger partial charge in [-0.05, 0) is 35.9 Å². The first-order valence-corrected chi connectivity index (χ1v) is 9.00. The third-order valence-electron chi connectivity index (χ3n) is 4.33. The number of nitrogens with zero attached hydrogens (tertiary/aromatic N) is 3. The smallest absolute Gasteiger partial charge is 0.411 e. The molecule has 0 aliphatic heterocycles. The standard InChI is InChI=1S/C21H19F2N3O4/c1-30-8-7-25(21(28)29)18-4-2-3-14(9-18)13-26-20(27)6-5-19(24-26)15-10-16(22)12-17(23)11-15/h2-6,9-12H,7-8,13H2,1H3,(H,28,29).